The van der Waals surface area contributed by atoms with Crippen molar-refractivity contribution in [3.8, 4) is 5.69 Å². The zero-order chi connectivity index (χ0) is 14.5. The van der Waals surface area contributed by atoms with E-state index in [1.165, 1.54) is 0 Å². The first-order valence-corrected chi connectivity index (χ1v) is 6.89. The van der Waals surface area contributed by atoms with Crippen LogP contribution in [0.5, 0.6) is 0 Å². The SMILES string of the molecule is CO[C@H](C)COC(=O)c1cn(-c2ccc(Br)cc2)cn1. The predicted molar refractivity (Wildman–Crippen MR) is 78.0 cm³/mol. The van der Waals surface area contributed by atoms with Gasteiger partial charge in [0, 0.05) is 23.5 Å². The molecule has 0 saturated carbocycles. The van der Waals surface area contributed by atoms with Gasteiger partial charge in [-0.1, -0.05) is 15.9 Å². The van der Waals surface area contributed by atoms with Crippen molar-refractivity contribution >= 4 is 21.9 Å². The first kappa shape index (κ1) is 14.7. The van der Waals surface area contributed by atoms with Gasteiger partial charge < -0.3 is 14.0 Å². The molecule has 0 aliphatic heterocycles. The summed E-state index contributed by atoms with van der Waals surface area (Å²) in [5, 5.41) is 0. The van der Waals surface area contributed by atoms with Gasteiger partial charge in [0.05, 0.1) is 6.10 Å². The maximum absolute atomic E-state index is 11.8. The van der Waals surface area contributed by atoms with Crippen molar-refractivity contribution < 1.29 is 14.3 Å². The van der Waals surface area contributed by atoms with Crippen molar-refractivity contribution in [2.75, 3.05) is 13.7 Å². The van der Waals surface area contributed by atoms with Gasteiger partial charge >= 0.3 is 5.97 Å². The molecule has 0 spiro atoms. The summed E-state index contributed by atoms with van der Waals surface area (Å²) in [5.41, 5.74) is 1.20. The van der Waals surface area contributed by atoms with Crippen molar-refractivity contribution in [1.82, 2.24) is 9.55 Å². The number of methoxy groups -OCH3 is 1. The summed E-state index contributed by atoms with van der Waals surface area (Å²) >= 11 is 3.38. The summed E-state index contributed by atoms with van der Waals surface area (Å²) in [6, 6.07) is 7.70. The molecular weight excluding hydrogens is 324 g/mol. The lowest BCUT2D eigenvalue weighted by atomic mass is 10.3. The number of hydrogen-bond acceptors (Lipinski definition) is 4. The van der Waals surface area contributed by atoms with E-state index >= 15 is 0 Å². The second kappa shape index (κ2) is 6.67. The number of nitrogens with zero attached hydrogens (tertiary/aromatic N) is 2. The molecule has 0 aliphatic carbocycles. The Labute approximate surface area is 125 Å². The second-order valence-corrected chi connectivity index (χ2v) is 5.20. The maximum atomic E-state index is 11.8. The lowest BCUT2D eigenvalue weighted by Gasteiger charge is -2.08. The van der Waals surface area contributed by atoms with Crippen molar-refractivity contribution in [2.45, 2.75) is 13.0 Å². The van der Waals surface area contributed by atoms with Gasteiger partial charge in [-0.3, -0.25) is 0 Å². The molecule has 0 unspecified atom stereocenters. The Kier molecular flexibility index (Phi) is 4.92. The number of aromatic nitrogens is 2. The van der Waals surface area contributed by atoms with Gasteiger partial charge in [0.25, 0.3) is 0 Å². The highest BCUT2D eigenvalue weighted by atomic mass is 79.9. The fourth-order valence-electron chi connectivity index (χ4n) is 1.52. The van der Waals surface area contributed by atoms with Gasteiger partial charge in [-0.25, -0.2) is 9.78 Å². The smallest absolute Gasteiger partial charge is 0.358 e. The Morgan fingerprint density at radius 3 is 2.75 bits per heavy atom. The van der Waals surface area contributed by atoms with E-state index in [0.717, 1.165) is 10.2 Å². The van der Waals surface area contributed by atoms with Gasteiger partial charge in [0.2, 0.25) is 0 Å². The summed E-state index contributed by atoms with van der Waals surface area (Å²) in [4.78, 5) is 15.9. The molecule has 0 amide bonds. The van der Waals surface area contributed by atoms with Gasteiger partial charge in [0.1, 0.15) is 12.9 Å². The largest absolute Gasteiger partial charge is 0.458 e. The number of ether oxygens (including phenoxy) is 2. The van der Waals surface area contributed by atoms with Crippen LogP contribution in [0.15, 0.2) is 41.3 Å². The fraction of sp³-hybridized carbons (Fsp3) is 0.286. The number of rotatable bonds is 5. The molecule has 2 aromatic rings. The van der Waals surface area contributed by atoms with Crippen molar-refractivity contribution in [3.63, 3.8) is 0 Å². The second-order valence-electron chi connectivity index (χ2n) is 4.29. The van der Waals surface area contributed by atoms with Crippen LogP contribution >= 0.6 is 15.9 Å². The minimum Gasteiger partial charge on any atom is -0.458 e. The zero-order valence-corrected chi connectivity index (χ0v) is 12.8. The highest BCUT2D eigenvalue weighted by molar-refractivity contribution is 9.10. The Hall–Kier alpha value is -1.66. The molecule has 0 aliphatic rings. The Morgan fingerprint density at radius 2 is 2.10 bits per heavy atom. The fourth-order valence-corrected chi connectivity index (χ4v) is 1.78. The van der Waals surface area contributed by atoms with Gasteiger partial charge in [0.15, 0.2) is 5.69 Å². The first-order chi connectivity index (χ1) is 9.60. The summed E-state index contributed by atoms with van der Waals surface area (Å²) in [6.45, 7) is 2.04. The molecule has 0 bridgehead atoms. The third-order valence-corrected chi connectivity index (χ3v) is 3.30. The monoisotopic (exact) mass is 338 g/mol. The molecule has 0 radical (unpaired) electrons. The predicted octanol–water partition coefficient (Wildman–Crippen LogP) is 2.83. The maximum Gasteiger partial charge on any atom is 0.358 e. The molecule has 5 nitrogen and oxygen atoms in total. The van der Waals surface area contributed by atoms with E-state index in [4.69, 9.17) is 9.47 Å². The number of carbonyl (C=O) groups excluding carboxylic acids is 1. The number of benzene rings is 1. The summed E-state index contributed by atoms with van der Waals surface area (Å²) in [7, 11) is 1.57. The molecule has 6 heteroatoms. The van der Waals surface area contributed by atoms with E-state index in [2.05, 4.69) is 20.9 Å². The van der Waals surface area contributed by atoms with Crippen molar-refractivity contribution in [2.24, 2.45) is 0 Å². The molecule has 0 fully saturated rings. The van der Waals surface area contributed by atoms with E-state index in [9.17, 15) is 4.79 Å². The van der Waals surface area contributed by atoms with Crippen LogP contribution in [0.25, 0.3) is 5.69 Å². The van der Waals surface area contributed by atoms with Crippen LogP contribution < -0.4 is 0 Å². The van der Waals surface area contributed by atoms with E-state index in [1.807, 2.05) is 31.2 Å². The lowest BCUT2D eigenvalue weighted by Crippen LogP contribution is -2.17. The number of hydrogen-bond donors (Lipinski definition) is 0. The highest BCUT2D eigenvalue weighted by Gasteiger charge is 2.13. The number of carbonyl (C=O) groups is 1. The summed E-state index contributed by atoms with van der Waals surface area (Å²) in [6.07, 6.45) is 3.09. The third kappa shape index (κ3) is 3.68. The third-order valence-electron chi connectivity index (χ3n) is 2.77. The molecule has 1 atom stereocenters. The van der Waals surface area contributed by atoms with Crippen LogP contribution in [0, 0.1) is 0 Å². The lowest BCUT2D eigenvalue weighted by molar-refractivity contribution is 0.0164. The molecule has 1 aromatic carbocycles. The minimum absolute atomic E-state index is 0.132. The van der Waals surface area contributed by atoms with Crippen LogP contribution in [0.2, 0.25) is 0 Å². The average Bonchev–Trinajstić information content (AvgIpc) is 2.95. The number of imidazole rings is 1. The summed E-state index contributed by atoms with van der Waals surface area (Å²) in [5.74, 6) is -0.454. The van der Waals surface area contributed by atoms with Gasteiger partial charge in [-0.2, -0.15) is 0 Å². The van der Waals surface area contributed by atoms with E-state index in [0.29, 0.717) is 0 Å². The Balaban J connectivity index is 2.05. The molecule has 106 valence electrons. The Morgan fingerprint density at radius 1 is 1.40 bits per heavy atom. The van der Waals surface area contributed by atoms with Crippen LogP contribution in [-0.2, 0) is 9.47 Å². The van der Waals surface area contributed by atoms with Crippen molar-refractivity contribution in [1.29, 1.82) is 0 Å². The van der Waals surface area contributed by atoms with E-state index in [1.54, 1.807) is 24.2 Å². The van der Waals surface area contributed by atoms with Crippen LogP contribution in [0.3, 0.4) is 0 Å². The quantitative estimate of drug-likeness (QED) is 0.786. The summed E-state index contributed by atoms with van der Waals surface area (Å²) < 4.78 is 12.9. The standard InChI is InChI=1S/C14H15BrN2O3/c1-10(19-2)8-20-14(18)13-7-17(9-16-13)12-5-3-11(15)4-6-12/h3-7,9-10H,8H2,1-2H3/t10-/m1/s1. The van der Waals surface area contributed by atoms with Gasteiger partial charge in [-0.05, 0) is 31.2 Å². The van der Waals surface area contributed by atoms with Crippen LogP contribution in [0.4, 0.5) is 0 Å². The first-order valence-electron chi connectivity index (χ1n) is 6.10. The molecule has 1 aromatic heterocycles. The minimum atomic E-state index is -0.454. The highest BCUT2D eigenvalue weighted by Crippen LogP contribution is 2.14. The van der Waals surface area contributed by atoms with Crippen LogP contribution in [0.1, 0.15) is 17.4 Å². The van der Waals surface area contributed by atoms with E-state index in [-0.39, 0.29) is 18.4 Å². The average molecular weight is 339 g/mol. The number of esters is 1. The topological polar surface area (TPSA) is 53.4 Å². The molecular formula is C14H15BrN2O3. The zero-order valence-electron chi connectivity index (χ0n) is 11.2. The number of halogens is 1. The molecule has 1 heterocycles. The molecule has 0 saturated heterocycles. The molecule has 2 rings (SSSR count). The normalized spacial score (nSPS) is 12.2. The van der Waals surface area contributed by atoms with E-state index < -0.39 is 5.97 Å². The van der Waals surface area contributed by atoms with Gasteiger partial charge in [-0.15, -0.1) is 0 Å². The molecule has 0 N–H and O–H groups in total. The van der Waals surface area contributed by atoms with Crippen molar-refractivity contribution in [3.05, 3.63) is 47.0 Å². The van der Waals surface area contributed by atoms with Crippen LogP contribution in [-0.4, -0.2) is 35.3 Å². The molecule has 20 heavy (non-hydrogen) atoms. The Bertz CT molecular complexity index is 580.